The first kappa shape index (κ1) is 35.3. The van der Waals surface area contributed by atoms with Gasteiger partial charge in [0.15, 0.2) is 0 Å². The SMILES string of the molecule is C[C@@]1(C(=O)O)CCCN1C(=O)N1CCC[C@H]1c1ncc(-c2ccc(-c3ccc(NC(=O)c4ccc(N5CCN(C(=O)C6CC6)CC5)cc4)cc3F)cc2)[nH]1. The zero-order valence-corrected chi connectivity index (χ0v) is 30.3. The first-order chi connectivity index (χ1) is 26.1. The van der Waals surface area contributed by atoms with E-state index in [1.54, 1.807) is 42.3 Å². The van der Waals surface area contributed by atoms with Crippen LogP contribution in [0.4, 0.5) is 20.6 Å². The highest BCUT2D eigenvalue weighted by Gasteiger charge is 2.49. The van der Waals surface area contributed by atoms with Crippen LogP contribution in [-0.2, 0) is 9.59 Å². The fraction of sp³-hybridized carbons (Fsp3) is 0.390. The maximum atomic E-state index is 15.4. The van der Waals surface area contributed by atoms with Gasteiger partial charge in [0.05, 0.1) is 17.9 Å². The minimum atomic E-state index is -1.21. The molecule has 4 aromatic rings. The number of carboxylic acid groups (broad SMARTS) is 1. The lowest BCUT2D eigenvalue weighted by Crippen LogP contribution is -2.55. The fourth-order valence-electron chi connectivity index (χ4n) is 8.04. The van der Waals surface area contributed by atoms with Gasteiger partial charge in [0.2, 0.25) is 5.91 Å². The number of aromatic amines is 1. The van der Waals surface area contributed by atoms with Crippen LogP contribution in [0.3, 0.4) is 0 Å². The second-order valence-corrected chi connectivity index (χ2v) is 15.0. The van der Waals surface area contributed by atoms with Gasteiger partial charge in [-0.15, -0.1) is 0 Å². The van der Waals surface area contributed by atoms with Crippen LogP contribution in [0.25, 0.3) is 22.4 Å². The molecule has 0 unspecified atom stereocenters. The Bertz CT molecular complexity index is 2070. The number of amides is 4. The predicted molar refractivity (Wildman–Crippen MR) is 201 cm³/mol. The van der Waals surface area contributed by atoms with Crippen LogP contribution in [0.5, 0.6) is 0 Å². The van der Waals surface area contributed by atoms with E-state index in [1.165, 1.54) is 11.0 Å². The summed E-state index contributed by atoms with van der Waals surface area (Å²) < 4.78 is 15.4. The number of benzene rings is 3. The highest BCUT2D eigenvalue weighted by Crippen LogP contribution is 2.37. The number of carboxylic acids is 1. The molecule has 12 nitrogen and oxygen atoms in total. The second-order valence-electron chi connectivity index (χ2n) is 15.0. The smallest absolute Gasteiger partial charge is 0.329 e. The highest BCUT2D eigenvalue weighted by atomic mass is 19.1. The van der Waals surface area contributed by atoms with E-state index in [0.29, 0.717) is 67.2 Å². The van der Waals surface area contributed by atoms with Crippen LogP contribution in [0, 0.1) is 11.7 Å². The molecule has 3 aliphatic heterocycles. The number of aromatic nitrogens is 2. The molecule has 4 heterocycles. The molecule has 4 amide bonds. The van der Waals surface area contributed by atoms with Crippen molar-refractivity contribution in [3.8, 4) is 22.4 Å². The molecule has 1 aromatic heterocycles. The van der Waals surface area contributed by atoms with E-state index < -0.39 is 17.3 Å². The summed E-state index contributed by atoms with van der Waals surface area (Å²) in [7, 11) is 0. The van der Waals surface area contributed by atoms with Gasteiger partial charge in [-0.3, -0.25) is 9.59 Å². The zero-order chi connectivity index (χ0) is 37.6. The normalized spacial score (nSPS) is 21.4. The molecular formula is C41H44FN7O5. The number of nitrogens with zero attached hydrogens (tertiary/aromatic N) is 5. The minimum absolute atomic E-state index is 0.230. The van der Waals surface area contributed by atoms with Gasteiger partial charge in [0.1, 0.15) is 17.2 Å². The van der Waals surface area contributed by atoms with E-state index in [9.17, 15) is 24.3 Å². The van der Waals surface area contributed by atoms with Crippen molar-refractivity contribution in [2.24, 2.45) is 5.92 Å². The quantitative estimate of drug-likeness (QED) is 0.191. The lowest BCUT2D eigenvalue weighted by atomic mass is 9.99. The van der Waals surface area contributed by atoms with E-state index in [2.05, 4.69) is 20.2 Å². The molecule has 2 atom stereocenters. The Hall–Kier alpha value is -5.72. The Kier molecular flexibility index (Phi) is 9.32. The third-order valence-electron chi connectivity index (χ3n) is 11.5. The number of hydrogen-bond donors (Lipinski definition) is 3. The van der Waals surface area contributed by atoms with Crippen LogP contribution >= 0.6 is 0 Å². The van der Waals surface area contributed by atoms with Crippen molar-refractivity contribution < 1.29 is 28.7 Å². The summed E-state index contributed by atoms with van der Waals surface area (Å²) in [6, 6.07) is 18.8. The van der Waals surface area contributed by atoms with Gasteiger partial charge in [-0.2, -0.15) is 0 Å². The van der Waals surface area contributed by atoms with E-state index in [0.717, 1.165) is 55.7 Å². The number of aliphatic carboxylic acids is 1. The number of rotatable bonds is 8. The van der Waals surface area contributed by atoms with Gasteiger partial charge in [-0.1, -0.05) is 24.3 Å². The molecule has 4 aliphatic rings. The van der Waals surface area contributed by atoms with E-state index in [-0.39, 0.29) is 29.8 Å². The van der Waals surface area contributed by atoms with Gasteiger partial charge in [-0.25, -0.2) is 19.0 Å². The maximum absolute atomic E-state index is 15.4. The van der Waals surface area contributed by atoms with Crippen LogP contribution in [-0.4, -0.2) is 98.4 Å². The van der Waals surface area contributed by atoms with E-state index in [4.69, 9.17) is 0 Å². The Morgan fingerprint density at radius 2 is 1.59 bits per heavy atom. The standard InChI is InChI=1S/C41H44FN7O5/c1-41(39(52)53)17-3-19-49(41)40(54)48-18-2-4-35(48)36-43-25-34(45-36)27-7-5-26(6-8-27)32-16-13-30(24-33(32)42)44-37(50)28-11-14-31(15-12-28)46-20-22-47(23-21-46)38(51)29-9-10-29/h5-8,11-16,24-25,29,35H,2-4,9-10,17-23H2,1H3,(H,43,45)(H,44,50)(H,52,53)/t35-,41-/m0/s1. The number of hydrogen-bond acceptors (Lipinski definition) is 6. The largest absolute Gasteiger partial charge is 0.480 e. The monoisotopic (exact) mass is 733 g/mol. The molecule has 3 saturated heterocycles. The van der Waals surface area contributed by atoms with Gasteiger partial charge >= 0.3 is 12.0 Å². The number of urea groups is 1. The summed E-state index contributed by atoms with van der Waals surface area (Å²) in [5.74, 6) is -0.641. The number of piperazine rings is 1. The fourth-order valence-corrected chi connectivity index (χ4v) is 8.04. The second kappa shape index (κ2) is 14.3. The van der Waals surface area contributed by atoms with E-state index in [1.807, 2.05) is 41.3 Å². The average molecular weight is 734 g/mol. The first-order valence-electron chi connectivity index (χ1n) is 18.8. The third-order valence-corrected chi connectivity index (χ3v) is 11.5. The number of H-pyrrole nitrogens is 1. The van der Waals surface area contributed by atoms with Crippen molar-refractivity contribution in [2.75, 3.05) is 49.5 Å². The lowest BCUT2D eigenvalue weighted by molar-refractivity contribution is -0.147. The average Bonchev–Trinajstić information content (AvgIpc) is 3.51. The van der Waals surface area contributed by atoms with Crippen molar-refractivity contribution in [3.63, 3.8) is 0 Å². The molecule has 0 bridgehead atoms. The van der Waals surface area contributed by atoms with Crippen LogP contribution in [0.15, 0.2) is 72.9 Å². The number of nitrogens with one attached hydrogen (secondary N) is 2. The Morgan fingerprint density at radius 1 is 0.870 bits per heavy atom. The predicted octanol–water partition coefficient (Wildman–Crippen LogP) is 6.39. The van der Waals surface area contributed by atoms with Crippen LogP contribution in [0.1, 0.15) is 67.7 Å². The molecule has 3 aromatic carbocycles. The molecule has 3 N–H and O–H groups in total. The maximum Gasteiger partial charge on any atom is 0.329 e. The third kappa shape index (κ3) is 6.78. The Balaban J connectivity index is 0.878. The molecule has 1 saturated carbocycles. The summed E-state index contributed by atoms with van der Waals surface area (Å²) in [5.41, 5.74) is 3.25. The Labute approximate surface area is 313 Å². The van der Waals surface area contributed by atoms with Crippen molar-refractivity contribution in [2.45, 2.75) is 57.0 Å². The van der Waals surface area contributed by atoms with Gasteiger partial charge < -0.3 is 35.0 Å². The molecule has 54 heavy (non-hydrogen) atoms. The van der Waals surface area contributed by atoms with Crippen LogP contribution < -0.4 is 10.2 Å². The summed E-state index contributed by atoms with van der Waals surface area (Å²) >= 11 is 0. The van der Waals surface area contributed by atoms with Gasteiger partial charge in [0.25, 0.3) is 5.91 Å². The number of carbonyl (C=O) groups excluding carboxylic acids is 3. The van der Waals surface area contributed by atoms with Crippen LogP contribution in [0.2, 0.25) is 0 Å². The number of likely N-dealkylation sites (tertiary alicyclic amines) is 2. The summed E-state index contributed by atoms with van der Waals surface area (Å²) in [6.45, 7) is 5.48. The molecule has 280 valence electrons. The number of anilines is 2. The molecule has 0 radical (unpaired) electrons. The van der Waals surface area contributed by atoms with Gasteiger partial charge in [-0.05, 0) is 99.0 Å². The number of carbonyl (C=O) groups is 4. The summed E-state index contributed by atoms with van der Waals surface area (Å²) in [4.78, 5) is 66.3. The molecule has 1 aliphatic carbocycles. The number of imidazole rings is 1. The van der Waals surface area contributed by atoms with E-state index >= 15 is 4.39 Å². The highest BCUT2D eigenvalue weighted by molar-refractivity contribution is 6.04. The molecule has 8 rings (SSSR count). The molecule has 4 fully saturated rings. The van der Waals surface area contributed by atoms with Crippen molar-refractivity contribution >= 4 is 35.2 Å². The van der Waals surface area contributed by atoms with Gasteiger partial charge in [0, 0.05) is 67.7 Å². The Morgan fingerprint density at radius 3 is 2.28 bits per heavy atom. The number of halogens is 1. The summed E-state index contributed by atoms with van der Waals surface area (Å²) in [6.07, 6.45) is 6.33. The van der Waals surface area contributed by atoms with Crippen molar-refractivity contribution in [3.05, 3.63) is 90.1 Å². The molecule has 13 heteroatoms. The molecule has 0 spiro atoms. The van der Waals surface area contributed by atoms with Crippen molar-refractivity contribution in [1.82, 2.24) is 24.7 Å². The lowest BCUT2D eigenvalue weighted by Gasteiger charge is -2.36. The first-order valence-corrected chi connectivity index (χ1v) is 18.8. The summed E-state index contributed by atoms with van der Waals surface area (Å²) in [5, 5.41) is 12.6. The van der Waals surface area contributed by atoms with Crippen molar-refractivity contribution in [1.29, 1.82) is 0 Å². The zero-order valence-electron chi connectivity index (χ0n) is 30.3. The minimum Gasteiger partial charge on any atom is -0.480 e. The topological polar surface area (TPSA) is 142 Å². The molecular weight excluding hydrogens is 689 g/mol.